The third kappa shape index (κ3) is 3.69. The van der Waals surface area contributed by atoms with E-state index in [9.17, 15) is 0 Å². The molecule has 1 aromatic heterocycles. The van der Waals surface area contributed by atoms with Crippen LogP contribution in [0.1, 0.15) is 18.7 Å². The maximum atomic E-state index is 9.13. The van der Waals surface area contributed by atoms with Crippen molar-refractivity contribution in [1.29, 1.82) is 15.8 Å². The second-order valence-electron chi connectivity index (χ2n) is 4.64. The molecule has 2 rings (SSSR count). The van der Waals surface area contributed by atoms with Gasteiger partial charge in [-0.2, -0.15) is 15.8 Å². The van der Waals surface area contributed by atoms with Crippen LogP contribution < -0.4 is 10.6 Å². The SMILES string of the molecule is CC(Nc1ccccc1NC(C#N)=C(C#N)C#N)c1ccco1. The van der Waals surface area contributed by atoms with Crippen LogP contribution in [-0.2, 0) is 0 Å². The number of rotatable bonds is 5. The summed E-state index contributed by atoms with van der Waals surface area (Å²) in [5.74, 6) is 0.769. The highest BCUT2D eigenvalue weighted by Crippen LogP contribution is 2.27. The van der Waals surface area contributed by atoms with Gasteiger partial charge in [0.25, 0.3) is 0 Å². The van der Waals surface area contributed by atoms with Crippen LogP contribution in [0.3, 0.4) is 0 Å². The quantitative estimate of drug-likeness (QED) is 0.815. The standard InChI is InChI=1S/C17H13N5O/c1-12(17-7-4-8-23-17)21-14-5-2-3-6-15(14)22-16(11-20)13(9-18)10-19/h2-8,12,21-22H,1H3. The lowest BCUT2D eigenvalue weighted by molar-refractivity contribution is 0.490. The largest absolute Gasteiger partial charge is 0.467 e. The van der Waals surface area contributed by atoms with Gasteiger partial charge in [-0.05, 0) is 31.2 Å². The van der Waals surface area contributed by atoms with Crippen molar-refractivity contribution in [2.75, 3.05) is 10.6 Å². The van der Waals surface area contributed by atoms with Gasteiger partial charge in [-0.15, -0.1) is 0 Å². The average Bonchev–Trinajstić information content (AvgIpc) is 3.11. The number of furan rings is 1. The number of nitrogens with one attached hydrogen (secondary N) is 2. The Morgan fingerprint density at radius 1 is 1.00 bits per heavy atom. The second kappa shape index (κ2) is 7.36. The Labute approximate surface area is 133 Å². The van der Waals surface area contributed by atoms with E-state index < -0.39 is 0 Å². The average molecular weight is 303 g/mol. The van der Waals surface area contributed by atoms with Crippen LogP contribution in [0.15, 0.2) is 58.3 Å². The summed E-state index contributed by atoms with van der Waals surface area (Å²) in [4.78, 5) is 0. The zero-order chi connectivity index (χ0) is 16.7. The van der Waals surface area contributed by atoms with E-state index in [4.69, 9.17) is 20.2 Å². The van der Waals surface area contributed by atoms with Gasteiger partial charge >= 0.3 is 0 Å². The third-order valence-electron chi connectivity index (χ3n) is 3.11. The van der Waals surface area contributed by atoms with Gasteiger partial charge in [-0.25, -0.2) is 0 Å². The molecule has 0 bridgehead atoms. The van der Waals surface area contributed by atoms with E-state index in [-0.39, 0.29) is 17.3 Å². The van der Waals surface area contributed by atoms with Crippen molar-refractivity contribution in [3.05, 3.63) is 59.7 Å². The molecule has 0 aliphatic heterocycles. The predicted molar refractivity (Wildman–Crippen MR) is 84.7 cm³/mol. The molecule has 0 aliphatic rings. The van der Waals surface area contributed by atoms with E-state index in [2.05, 4.69) is 10.6 Å². The Bertz CT molecular complexity index is 815. The van der Waals surface area contributed by atoms with Crippen molar-refractivity contribution in [3.63, 3.8) is 0 Å². The Kier molecular flexibility index (Phi) is 5.02. The number of allylic oxidation sites excluding steroid dienone is 2. The van der Waals surface area contributed by atoms with Gasteiger partial charge in [0, 0.05) is 0 Å². The van der Waals surface area contributed by atoms with Crippen LogP contribution >= 0.6 is 0 Å². The van der Waals surface area contributed by atoms with Gasteiger partial charge in [0.05, 0.1) is 23.7 Å². The van der Waals surface area contributed by atoms with Crippen molar-refractivity contribution < 1.29 is 4.42 Å². The summed E-state index contributed by atoms with van der Waals surface area (Å²) in [7, 11) is 0. The number of benzene rings is 1. The Morgan fingerprint density at radius 2 is 1.70 bits per heavy atom. The molecule has 1 unspecified atom stereocenters. The highest BCUT2D eigenvalue weighted by Gasteiger charge is 2.12. The fourth-order valence-electron chi connectivity index (χ4n) is 1.98. The van der Waals surface area contributed by atoms with Crippen LogP contribution in [0.4, 0.5) is 11.4 Å². The number of nitrogens with zero attached hydrogens (tertiary/aromatic N) is 3. The summed E-state index contributed by atoms with van der Waals surface area (Å²) < 4.78 is 5.35. The van der Waals surface area contributed by atoms with Crippen molar-refractivity contribution in [1.82, 2.24) is 0 Å². The number of hydrogen-bond acceptors (Lipinski definition) is 6. The normalized spacial score (nSPS) is 10.5. The minimum atomic E-state index is -0.263. The summed E-state index contributed by atoms with van der Waals surface area (Å²) in [6, 6.07) is 16.0. The molecule has 0 saturated carbocycles. The van der Waals surface area contributed by atoms with E-state index in [0.717, 1.165) is 11.4 Å². The fourth-order valence-corrected chi connectivity index (χ4v) is 1.98. The lowest BCUT2D eigenvalue weighted by atomic mass is 10.2. The Balaban J connectivity index is 2.29. The predicted octanol–water partition coefficient (Wildman–Crippen LogP) is 3.69. The van der Waals surface area contributed by atoms with Crippen LogP contribution in [0.25, 0.3) is 0 Å². The molecule has 23 heavy (non-hydrogen) atoms. The molecule has 1 atom stereocenters. The summed E-state index contributed by atoms with van der Waals surface area (Å²) in [6.07, 6.45) is 1.60. The Morgan fingerprint density at radius 3 is 2.26 bits per heavy atom. The molecular formula is C17H13N5O. The summed E-state index contributed by atoms with van der Waals surface area (Å²) in [6.45, 7) is 1.94. The van der Waals surface area contributed by atoms with Crippen molar-refractivity contribution >= 4 is 11.4 Å². The summed E-state index contributed by atoms with van der Waals surface area (Å²) >= 11 is 0. The van der Waals surface area contributed by atoms with Crippen LogP contribution in [0.5, 0.6) is 0 Å². The topological polar surface area (TPSA) is 109 Å². The van der Waals surface area contributed by atoms with Gasteiger partial charge in [0.1, 0.15) is 29.7 Å². The van der Waals surface area contributed by atoms with Crippen molar-refractivity contribution in [3.8, 4) is 18.2 Å². The molecule has 0 saturated heterocycles. The fraction of sp³-hybridized carbons (Fsp3) is 0.118. The highest BCUT2D eigenvalue weighted by atomic mass is 16.3. The van der Waals surface area contributed by atoms with E-state index in [1.54, 1.807) is 36.6 Å². The zero-order valence-electron chi connectivity index (χ0n) is 12.4. The van der Waals surface area contributed by atoms with Gasteiger partial charge in [0.15, 0.2) is 5.57 Å². The number of anilines is 2. The third-order valence-corrected chi connectivity index (χ3v) is 3.11. The van der Waals surface area contributed by atoms with Crippen LogP contribution in [0, 0.1) is 34.0 Å². The number of nitriles is 3. The molecule has 6 heteroatoms. The molecule has 2 N–H and O–H groups in total. The Hall–Kier alpha value is -3.69. The van der Waals surface area contributed by atoms with E-state index in [1.807, 2.05) is 31.2 Å². The lowest BCUT2D eigenvalue weighted by Gasteiger charge is -2.17. The molecular weight excluding hydrogens is 290 g/mol. The lowest BCUT2D eigenvalue weighted by Crippen LogP contribution is -2.09. The molecule has 6 nitrogen and oxygen atoms in total. The maximum absolute atomic E-state index is 9.13. The first-order valence-corrected chi connectivity index (χ1v) is 6.80. The smallest absolute Gasteiger partial charge is 0.163 e. The van der Waals surface area contributed by atoms with Crippen LogP contribution in [0.2, 0.25) is 0 Å². The first-order valence-electron chi connectivity index (χ1n) is 6.80. The monoisotopic (exact) mass is 303 g/mol. The first kappa shape index (κ1) is 15.7. The molecule has 0 amide bonds. The van der Waals surface area contributed by atoms with Crippen LogP contribution in [-0.4, -0.2) is 0 Å². The molecule has 0 fully saturated rings. The summed E-state index contributed by atoms with van der Waals surface area (Å²) in [5, 5.41) is 33.0. The zero-order valence-corrected chi connectivity index (χ0v) is 12.4. The molecule has 2 aromatic rings. The van der Waals surface area contributed by atoms with E-state index in [1.165, 1.54) is 0 Å². The van der Waals surface area contributed by atoms with Gasteiger partial charge in [0.2, 0.25) is 0 Å². The molecule has 1 aromatic carbocycles. The molecule has 1 heterocycles. The second-order valence-corrected chi connectivity index (χ2v) is 4.64. The molecule has 0 spiro atoms. The van der Waals surface area contributed by atoms with E-state index >= 15 is 0 Å². The minimum absolute atomic E-state index is 0.0881. The number of hydrogen-bond donors (Lipinski definition) is 2. The van der Waals surface area contributed by atoms with E-state index in [0.29, 0.717) is 5.69 Å². The van der Waals surface area contributed by atoms with Gasteiger partial charge in [-0.1, -0.05) is 12.1 Å². The minimum Gasteiger partial charge on any atom is -0.467 e. The highest BCUT2D eigenvalue weighted by molar-refractivity contribution is 5.73. The molecule has 0 radical (unpaired) electrons. The first-order chi connectivity index (χ1) is 11.2. The number of para-hydroxylation sites is 2. The van der Waals surface area contributed by atoms with Gasteiger partial charge in [-0.3, -0.25) is 0 Å². The van der Waals surface area contributed by atoms with Gasteiger partial charge < -0.3 is 15.1 Å². The molecule has 0 aliphatic carbocycles. The molecule has 112 valence electrons. The van der Waals surface area contributed by atoms with Crippen molar-refractivity contribution in [2.45, 2.75) is 13.0 Å². The maximum Gasteiger partial charge on any atom is 0.163 e. The van der Waals surface area contributed by atoms with Crippen molar-refractivity contribution in [2.24, 2.45) is 0 Å². The summed E-state index contributed by atoms with van der Waals surface area (Å²) in [5.41, 5.74) is 0.959.